The third-order valence-corrected chi connectivity index (χ3v) is 5.13. The van der Waals surface area contributed by atoms with Crippen molar-refractivity contribution in [3.05, 3.63) is 83.9 Å². The molecule has 0 aromatic heterocycles. The third kappa shape index (κ3) is 7.28. The Morgan fingerprint density at radius 1 is 0.818 bits per heavy atom. The van der Waals surface area contributed by atoms with Gasteiger partial charge in [0.15, 0.2) is 0 Å². The van der Waals surface area contributed by atoms with Gasteiger partial charge >= 0.3 is 6.03 Å². The van der Waals surface area contributed by atoms with Crippen molar-refractivity contribution in [1.82, 2.24) is 5.32 Å². The average molecular weight is 448 g/mol. The minimum atomic E-state index is -0.315. The Labute approximate surface area is 194 Å². The Bertz CT molecular complexity index is 1050. The zero-order valence-corrected chi connectivity index (χ0v) is 19.1. The molecule has 0 saturated heterocycles. The molecule has 0 fully saturated rings. The summed E-state index contributed by atoms with van der Waals surface area (Å²) in [6.07, 6.45) is 0.922. The van der Waals surface area contributed by atoms with Crippen molar-refractivity contribution in [2.75, 3.05) is 24.9 Å². The molecule has 3 amide bonds. The number of para-hydroxylation sites is 1. The summed E-state index contributed by atoms with van der Waals surface area (Å²) in [6, 6.07) is 21.7. The van der Waals surface area contributed by atoms with Crippen LogP contribution in [0.1, 0.15) is 30.5 Å². The van der Waals surface area contributed by atoms with Crippen LogP contribution in [-0.2, 0) is 11.2 Å². The fraction of sp³-hybridized carbons (Fsp3) is 0.231. The molecule has 3 aromatic rings. The third-order valence-electron chi connectivity index (χ3n) is 5.13. The summed E-state index contributed by atoms with van der Waals surface area (Å²) in [4.78, 5) is 24.6. The van der Waals surface area contributed by atoms with Crippen LogP contribution in [-0.4, -0.2) is 26.2 Å². The Balaban J connectivity index is 1.49. The van der Waals surface area contributed by atoms with E-state index in [1.54, 1.807) is 20.3 Å². The van der Waals surface area contributed by atoms with E-state index in [0.717, 1.165) is 16.8 Å². The molecule has 172 valence electrons. The second-order valence-corrected chi connectivity index (χ2v) is 7.58. The fourth-order valence-corrected chi connectivity index (χ4v) is 3.34. The molecule has 0 heterocycles. The molecule has 0 aliphatic rings. The molecule has 0 bridgehead atoms. The number of carbonyl (C=O) groups is 2. The largest absolute Gasteiger partial charge is 0.497 e. The second-order valence-electron chi connectivity index (χ2n) is 7.58. The Morgan fingerprint density at radius 2 is 1.39 bits per heavy atom. The summed E-state index contributed by atoms with van der Waals surface area (Å²) in [5, 5.41) is 8.58. The number of hydrogen-bond donors (Lipinski definition) is 3. The van der Waals surface area contributed by atoms with Gasteiger partial charge in [-0.1, -0.05) is 30.3 Å². The first kappa shape index (κ1) is 23.7. The van der Waals surface area contributed by atoms with Crippen molar-refractivity contribution < 1.29 is 19.1 Å². The van der Waals surface area contributed by atoms with Crippen molar-refractivity contribution in [2.45, 2.75) is 25.8 Å². The number of hydrogen-bond acceptors (Lipinski definition) is 4. The van der Waals surface area contributed by atoms with Gasteiger partial charge in [-0.3, -0.25) is 4.79 Å². The van der Waals surface area contributed by atoms with Gasteiger partial charge in [0.05, 0.1) is 20.3 Å². The number of aryl methyl sites for hydroxylation is 1. The Morgan fingerprint density at radius 3 is 1.97 bits per heavy atom. The molecule has 0 aliphatic heterocycles. The summed E-state index contributed by atoms with van der Waals surface area (Å²) in [5.41, 5.74) is 3.30. The van der Waals surface area contributed by atoms with Gasteiger partial charge in [0.1, 0.15) is 11.5 Å². The minimum absolute atomic E-state index is 0.0475. The number of urea groups is 1. The number of anilines is 2. The van der Waals surface area contributed by atoms with Crippen LogP contribution in [0.15, 0.2) is 72.8 Å². The highest BCUT2D eigenvalue weighted by atomic mass is 16.5. The van der Waals surface area contributed by atoms with Crippen LogP contribution in [0.3, 0.4) is 0 Å². The van der Waals surface area contributed by atoms with Gasteiger partial charge in [-0.2, -0.15) is 0 Å². The first-order valence-corrected chi connectivity index (χ1v) is 10.7. The fourth-order valence-electron chi connectivity index (χ4n) is 3.34. The number of benzene rings is 3. The van der Waals surface area contributed by atoms with Crippen LogP contribution in [0.5, 0.6) is 11.5 Å². The zero-order valence-electron chi connectivity index (χ0n) is 19.1. The van der Waals surface area contributed by atoms with Crippen molar-refractivity contribution >= 4 is 23.3 Å². The molecule has 7 heteroatoms. The highest BCUT2D eigenvalue weighted by Gasteiger charge is 2.11. The first-order chi connectivity index (χ1) is 16.0. The molecule has 3 aromatic carbocycles. The van der Waals surface area contributed by atoms with Crippen LogP contribution < -0.4 is 25.4 Å². The van der Waals surface area contributed by atoms with Gasteiger partial charge < -0.3 is 25.4 Å². The Hall–Kier alpha value is -4.00. The summed E-state index contributed by atoms with van der Waals surface area (Å²) < 4.78 is 10.6. The quantitative estimate of drug-likeness (QED) is 0.423. The Kier molecular flexibility index (Phi) is 8.30. The van der Waals surface area contributed by atoms with E-state index in [1.165, 1.54) is 0 Å². The van der Waals surface area contributed by atoms with Gasteiger partial charge in [0.2, 0.25) is 5.91 Å². The number of rotatable bonds is 9. The predicted octanol–water partition coefficient (Wildman–Crippen LogP) is 5.16. The van der Waals surface area contributed by atoms with Crippen molar-refractivity contribution in [1.29, 1.82) is 0 Å². The number of methoxy groups -OCH3 is 2. The van der Waals surface area contributed by atoms with Gasteiger partial charge in [-0.25, -0.2) is 4.79 Å². The van der Waals surface area contributed by atoms with Gasteiger partial charge in [0.25, 0.3) is 0 Å². The van der Waals surface area contributed by atoms with Crippen LogP contribution >= 0.6 is 0 Å². The smallest absolute Gasteiger partial charge is 0.323 e. The summed E-state index contributed by atoms with van der Waals surface area (Å²) >= 11 is 0. The van der Waals surface area contributed by atoms with Crippen LogP contribution in [0.4, 0.5) is 16.2 Å². The monoisotopic (exact) mass is 447 g/mol. The normalized spacial score (nSPS) is 11.2. The molecule has 0 unspecified atom stereocenters. The standard InChI is InChI=1S/C26H29N3O4/c1-18(27-25(30)14-9-19-15-23(32-2)17-24(16-19)33-3)20-10-12-22(13-11-20)29-26(31)28-21-7-5-4-6-8-21/h4-8,10-13,15-18H,9,14H2,1-3H3,(H,27,30)(H2,28,29,31)/t18-/m1/s1. The van der Waals surface area contributed by atoms with Crippen molar-refractivity contribution in [2.24, 2.45) is 0 Å². The van der Waals surface area contributed by atoms with E-state index in [4.69, 9.17) is 9.47 Å². The van der Waals surface area contributed by atoms with Crippen molar-refractivity contribution in [3.8, 4) is 11.5 Å². The van der Waals surface area contributed by atoms with Crippen LogP contribution in [0, 0.1) is 0 Å². The van der Waals surface area contributed by atoms with E-state index in [0.29, 0.717) is 30.0 Å². The van der Waals surface area contributed by atoms with E-state index in [-0.39, 0.29) is 18.0 Å². The zero-order chi connectivity index (χ0) is 23.6. The lowest BCUT2D eigenvalue weighted by Gasteiger charge is -2.15. The minimum Gasteiger partial charge on any atom is -0.497 e. The maximum absolute atomic E-state index is 12.5. The topological polar surface area (TPSA) is 88.7 Å². The molecule has 7 nitrogen and oxygen atoms in total. The second kappa shape index (κ2) is 11.6. The molecule has 0 radical (unpaired) electrons. The number of ether oxygens (including phenoxy) is 2. The lowest BCUT2D eigenvalue weighted by atomic mass is 10.1. The van der Waals surface area contributed by atoms with Crippen LogP contribution in [0.25, 0.3) is 0 Å². The van der Waals surface area contributed by atoms with Gasteiger partial charge in [-0.05, 0) is 60.9 Å². The van der Waals surface area contributed by atoms with Gasteiger partial charge in [0, 0.05) is 23.9 Å². The summed E-state index contributed by atoms with van der Waals surface area (Å²) in [6.45, 7) is 1.93. The van der Waals surface area contributed by atoms with Crippen LogP contribution in [0.2, 0.25) is 0 Å². The first-order valence-electron chi connectivity index (χ1n) is 10.7. The number of amides is 3. The molecule has 33 heavy (non-hydrogen) atoms. The predicted molar refractivity (Wildman–Crippen MR) is 130 cm³/mol. The molecule has 1 atom stereocenters. The number of carbonyl (C=O) groups excluding carboxylic acids is 2. The lowest BCUT2D eigenvalue weighted by Crippen LogP contribution is -2.26. The maximum Gasteiger partial charge on any atom is 0.323 e. The molecule has 0 spiro atoms. The number of nitrogens with one attached hydrogen (secondary N) is 3. The SMILES string of the molecule is COc1cc(CCC(=O)N[C@H](C)c2ccc(NC(=O)Nc3ccccc3)cc2)cc(OC)c1. The molecule has 3 N–H and O–H groups in total. The average Bonchev–Trinajstić information content (AvgIpc) is 2.83. The van der Waals surface area contributed by atoms with E-state index >= 15 is 0 Å². The molecule has 3 rings (SSSR count). The highest BCUT2D eigenvalue weighted by Crippen LogP contribution is 2.23. The highest BCUT2D eigenvalue weighted by molar-refractivity contribution is 5.99. The maximum atomic E-state index is 12.5. The molecule has 0 aliphatic carbocycles. The van der Waals surface area contributed by atoms with Gasteiger partial charge in [-0.15, -0.1) is 0 Å². The van der Waals surface area contributed by atoms with Crippen molar-refractivity contribution in [3.63, 3.8) is 0 Å². The van der Waals surface area contributed by atoms with E-state index in [9.17, 15) is 9.59 Å². The molecule has 0 saturated carbocycles. The van der Waals surface area contributed by atoms with E-state index in [2.05, 4.69) is 16.0 Å². The van der Waals surface area contributed by atoms with E-state index < -0.39 is 0 Å². The van der Waals surface area contributed by atoms with E-state index in [1.807, 2.05) is 73.7 Å². The molecular formula is C26H29N3O4. The summed E-state index contributed by atoms with van der Waals surface area (Å²) in [7, 11) is 3.20. The lowest BCUT2D eigenvalue weighted by molar-refractivity contribution is -0.121. The summed E-state index contributed by atoms with van der Waals surface area (Å²) in [5.74, 6) is 1.35. The molecular weight excluding hydrogens is 418 g/mol.